The molecule has 0 bridgehead atoms. The predicted octanol–water partition coefficient (Wildman–Crippen LogP) is 3.47. The molecule has 3 aromatic rings. The Hall–Kier alpha value is -2.16. The van der Waals surface area contributed by atoms with E-state index in [0.29, 0.717) is 0 Å². The van der Waals surface area contributed by atoms with Crippen molar-refractivity contribution >= 4 is 11.2 Å². The third kappa shape index (κ3) is 2.36. The monoisotopic (exact) mass is 251 g/mol. The van der Waals surface area contributed by atoms with Crippen LogP contribution in [0.3, 0.4) is 0 Å². The van der Waals surface area contributed by atoms with Crippen LogP contribution >= 0.6 is 0 Å². The summed E-state index contributed by atoms with van der Waals surface area (Å²) in [7, 11) is 0. The highest BCUT2D eigenvalue weighted by Gasteiger charge is 2.07. The van der Waals surface area contributed by atoms with Crippen molar-refractivity contribution in [2.45, 2.75) is 27.2 Å². The minimum atomic E-state index is 0.806. The smallest absolute Gasteiger partial charge is 0.177 e. The van der Waals surface area contributed by atoms with Gasteiger partial charge in [0.05, 0.1) is 5.52 Å². The molecule has 0 fully saturated rings. The maximum atomic E-state index is 4.57. The maximum absolute atomic E-state index is 4.57. The van der Waals surface area contributed by atoms with Crippen LogP contribution in [0.2, 0.25) is 0 Å². The quantitative estimate of drug-likeness (QED) is 0.757. The molecule has 3 nitrogen and oxygen atoms in total. The molecule has 2 heterocycles. The summed E-state index contributed by atoms with van der Waals surface area (Å²) in [4.78, 5) is 12.4. The molecule has 0 saturated heterocycles. The summed E-state index contributed by atoms with van der Waals surface area (Å²) < 4.78 is 0. The first kappa shape index (κ1) is 11.9. The Morgan fingerprint density at radius 1 is 1.00 bits per heavy atom. The summed E-state index contributed by atoms with van der Waals surface area (Å²) >= 11 is 0. The number of nitrogens with one attached hydrogen (secondary N) is 1. The van der Waals surface area contributed by atoms with Crippen molar-refractivity contribution in [2.24, 2.45) is 0 Å². The van der Waals surface area contributed by atoms with Crippen LogP contribution in [0.25, 0.3) is 11.2 Å². The van der Waals surface area contributed by atoms with E-state index >= 15 is 0 Å². The van der Waals surface area contributed by atoms with E-state index in [9.17, 15) is 0 Å². The van der Waals surface area contributed by atoms with Gasteiger partial charge in [-0.2, -0.15) is 0 Å². The van der Waals surface area contributed by atoms with Crippen LogP contribution in [-0.2, 0) is 6.42 Å². The Bertz CT molecular complexity index is 741. The predicted molar refractivity (Wildman–Crippen MR) is 77.3 cm³/mol. The summed E-state index contributed by atoms with van der Waals surface area (Å²) in [5.74, 6) is 0.974. The number of aromatic amines is 1. The van der Waals surface area contributed by atoms with E-state index in [-0.39, 0.29) is 0 Å². The number of H-pyrrole nitrogens is 1. The van der Waals surface area contributed by atoms with E-state index in [4.69, 9.17) is 0 Å². The zero-order chi connectivity index (χ0) is 13.4. The average molecular weight is 251 g/mol. The summed E-state index contributed by atoms with van der Waals surface area (Å²) in [6.07, 6.45) is 0.822. The van der Waals surface area contributed by atoms with Gasteiger partial charge in [-0.05, 0) is 44.0 Å². The molecule has 0 spiro atoms. The Labute approximate surface area is 112 Å². The molecular weight excluding hydrogens is 234 g/mol. The summed E-state index contributed by atoms with van der Waals surface area (Å²) in [5.41, 5.74) is 6.71. The number of hydrogen-bond acceptors (Lipinski definition) is 2. The van der Waals surface area contributed by atoms with Crippen LogP contribution in [0.15, 0.2) is 30.3 Å². The number of nitrogens with zero attached hydrogens (tertiary/aromatic N) is 2. The topological polar surface area (TPSA) is 41.6 Å². The molecule has 0 radical (unpaired) electrons. The van der Waals surface area contributed by atoms with Gasteiger partial charge in [-0.25, -0.2) is 9.97 Å². The van der Waals surface area contributed by atoms with E-state index in [1.54, 1.807) is 0 Å². The lowest BCUT2D eigenvalue weighted by Gasteiger charge is -2.04. The third-order valence-electron chi connectivity index (χ3n) is 3.40. The van der Waals surface area contributed by atoms with Gasteiger partial charge < -0.3 is 4.98 Å². The van der Waals surface area contributed by atoms with Crippen molar-refractivity contribution < 1.29 is 0 Å². The highest BCUT2D eigenvalue weighted by atomic mass is 15.0. The fourth-order valence-electron chi connectivity index (χ4n) is 2.29. The van der Waals surface area contributed by atoms with Crippen LogP contribution in [0.1, 0.15) is 28.2 Å². The van der Waals surface area contributed by atoms with Gasteiger partial charge in [-0.1, -0.05) is 23.8 Å². The van der Waals surface area contributed by atoms with Gasteiger partial charge in [0, 0.05) is 12.1 Å². The SMILES string of the molecule is Cc1ccc(C)c(Cc2nc3nc(C)ccc3[nH]2)c1. The van der Waals surface area contributed by atoms with E-state index in [1.165, 1.54) is 16.7 Å². The van der Waals surface area contributed by atoms with Crippen LogP contribution < -0.4 is 0 Å². The van der Waals surface area contributed by atoms with Gasteiger partial charge in [0.15, 0.2) is 5.65 Å². The standard InChI is InChI=1S/C16H17N3/c1-10-4-5-11(2)13(8-10)9-15-18-14-7-6-12(3)17-16(14)19-15/h4-8H,9H2,1-3H3,(H,17,18,19). The van der Waals surface area contributed by atoms with Gasteiger partial charge in [0.25, 0.3) is 0 Å². The minimum absolute atomic E-state index is 0.806. The normalized spacial score (nSPS) is 11.1. The molecule has 0 atom stereocenters. The molecule has 19 heavy (non-hydrogen) atoms. The maximum Gasteiger partial charge on any atom is 0.177 e. The van der Waals surface area contributed by atoms with Crippen molar-refractivity contribution in [3.05, 3.63) is 58.5 Å². The largest absolute Gasteiger partial charge is 0.340 e. The van der Waals surface area contributed by atoms with Crippen molar-refractivity contribution in [1.29, 1.82) is 0 Å². The van der Waals surface area contributed by atoms with E-state index in [0.717, 1.165) is 29.1 Å². The lowest BCUT2D eigenvalue weighted by Crippen LogP contribution is -1.94. The molecule has 0 saturated carbocycles. The second-order valence-corrected chi connectivity index (χ2v) is 5.11. The van der Waals surface area contributed by atoms with Gasteiger partial charge in [-0.15, -0.1) is 0 Å². The molecule has 2 aromatic heterocycles. The Kier molecular flexibility index (Phi) is 2.82. The fourth-order valence-corrected chi connectivity index (χ4v) is 2.29. The van der Waals surface area contributed by atoms with Gasteiger partial charge in [0.2, 0.25) is 0 Å². The molecule has 3 heteroatoms. The van der Waals surface area contributed by atoms with Gasteiger partial charge in [-0.3, -0.25) is 0 Å². The Morgan fingerprint density at radius 2 is 1.84 bits per heavy atom. The number of imidazole rings is 1. The minimum Gasteiger partial charge on any atom is -0.340 e. The average Bonchev–Trinajstić information content (AvgIpc) is 2.75. The van der Waals surface area contributed by atoms with E-state index in [1.807, 2.05) is 19.1 Å². The number of fused-ring (bicyclic) bond motifs is 1. The summed E-state index contributed by atoms with van der Waals surface area (Å²) in [5, 5.41) is 0. The second kappa shape index (κ2) is 4.50. The first-order valence-corrected chi connectivity index (χ1v) is 6.50. The molecule has 0 unspecified atom stereocenters. The number of pyridine rings is 1. The number of aryl methyl sites for hydroxylation is 3. The van der Waals surface area contributed by atoms with E-state index < -0.39 is 0 Å². The van der Waals surface area contributed by atoms with Crippen molar-refractivity contribution in [3.8, 4) is 0 Å². The van der Waals surface area contributed by atoms with Crippen LogP contribution in [0, 0.1) is 20.8 Å². The zero-order valence-electron chi connectivity index (χ0n) is 11.5. The Morgan fingerprint density at radius 3 is 2.68 bits per heavy atom. The molecule has 0 aliphatic heterocycles. The fraction of sp³-hybridized carbons (Fsp3) is 0.250. The lowest BCUT2D eigenvalue weighted by atomic mass is 10.0. The number of benzene rings is 1. The van der Waals surface area contributed by atoms with Gasteiger partial charge in [0.1, 0.15) is 5.82 Å². The molecule has 96 valence electrons. The first-order chi connectivity index (χ1) is 9.11. The zero-order valence-corrected chi connectivity index (χ0v) is 11.5. The summed E-state index contributed by atoms with van der Waals surface area (Å²) in [6.45, 7) is 6.24. The van der Waals surface area contributed by atoms with Gasteiger partial charge >= 0.3 is 0 Å². The summed E-state index contributed by atoms with van der Waals surface area (Å²) in [6, 6.07) is 10.6. The molecule has 0 aliphatic rings. The van der Waals surface area contributed by atoms with Crippen molar-refractivity contribution in [3.63, 3.8) is 0 Å². The lowest BCUT2D eigenvalue weighted by molar-refractivity contribution is 1.02. The third-order valence-corrected chi connectivity index (χ3v) is 3.40. The molecular formula is C16H17N3. The van der Waals surface area contributed by atoms with Crippen molar-refractivity contribution in [1.82, 2.24) is 15.0 Å². The van der Waals surface area contributed by atoms with E-state index in [2.05, 4.69) is 47.0 Å². The highest BCUT2D eigenvalue weighted by Crippen LogP contribution is 2.16. The Balaban J connectivity index is 1.98. The number of hydrogen-bond donors (Lipinski definition) is 1. The van der Waals surface area contributed by atoms with Crippen molar-refractivity contribution in [2.75, 3.05) is 0 Å². The number of rotatable bonds is 2. The molecule has 3 rings (SSSR count). The van der Waals surface area contributed by atoms with Crippen LogP contribution in [0.5, 0.6) is 0 Å². The molecule has 0 amide bonds. The second-order valence-electron chi connectivity index (χ2n) is 5.11. The molecule has 1 N–H and O–H groups in total. The molecule has 1 aromatic carbocycles. The first-order valence-electron chi connectivity index (χ1n) is 6.50. The number of aromatic nitrogens is 3. The highest BCUT2D eigenvalue weighted by molar-refractivity contribution is 5.70. The van der Waals surface area contributed by atoms with Crippen LogP contribution in [0.4, 0.5) is 0 Å². The molecule has 0 aliphatic carbocycles. The van der Waals surface area contributed by atoms with Crippen LogP contribution in [-0.4, -0.2) is 15.0 Å².